The van der Waals surface area contributed by atoms with Crippen LogP contribution in [0.25, 0.3) is 0 Å². The number of hydrogen-bond donors (Lipinski definition) is 0. The highest BCUT2D eigenvalue weighted by Gasteiger charge is 2.11. The zero-order valence-electron chi connectivity index (χ0n) is 9.41. The zero-order chi connectivity index (χ0) is 9.61. The Bertz CT molecular complexity index is 102. The van der Waals surface area contributed by atoms with E-state index < -0.39 is 0 Å². The molecule has 0 radical (unpaired) electrons. The lowest BCUT2D eigenvalue weighted by molar-refractivity contribution is 0.553. The predicted molar refractivity (Wildman–Crippen MR) is 61.6 cm³/mol. The summed E-state index contributed by atoms with van der Waals surface area (Å²) in [5.74, 6) is 0.947. The molecule has 0 aromatic heterocycles. The van der Waals surface area contributed by atoms with Gasteiger partial charge >= 0.3 is 0 Å². The van der Waals surface area contributed by atoms with Gasteiger partial charge in [0, 0.05) is 0 Å². The van der Waals surface area contributed by atoms with Gasteiger partial charge in [-0.05, 0) is 17.2 Å². The molecule has 0 aromatic carbocycles. The zero-order valence-corrected chi connectivity index (χ0v) is 10.4. The van der Waals surface area contributed by atoms with Crippen LogP contribution in [-0.2, 0) is 0 Å². The van der Waals surface area contributed by atoms with Gasteiger partial charge in [0.1, 0.15) is 0 Å². The Kier molecular flexibility index (Phi) is 6.19. The van der Waals surface area contributed by atoms with E-state index in [0.29, 0.717) is 5.16 Å². The Labute approximate surface area is 80.3 Å². The van der Waals surface area contributed by atoms with Crippen LogP contribution in [0.4, 0.5) is 0 Å². The van der Waals surface area contributed by atoms with Crippen LogP contribution in [0.3, 0.4) is 0 Å². The van der Waals surface area contributed by atoms with Crippen LogP contribution >= 0.6 is 8.58 Å². The van der Waals surface area contributed by atoms with Gasteiger partial charge in [-0.25, -0.2) is 0 Å². The highest BCUT2D eigenvalue weighted by atomic mass is 31.1. The minimum absolute atomic E-state index is 0.556. The largest absolute Gasteiger partial charge is 0.116 e. The highest BCUT2D eigenvalue weighted by molar-refractivity contribution is 7.39. The number of unbranched alkanes of at least 4 members (excludes halogenated alkanes) is 1. The lowest BCUT2D eigenvalue weighted by Gasteiger charge is -2.21. The predicted octanol–water partition coefficient (Wildman–Crippen LogP) is 4.29. The maximum absolute atomic E-state index is 2.40. The van der Waals surface area contributed by atoms with Gasteiger partial charge in [0.2, 0.25) is 0 Å². The Hall–Kier alpha value is 0.430. The Morgan fingerprint density at radius 2 is 1.83 bits per heavy atom. The van der Waals surface area contributed by atoms with Crippen LogP contribution in [-0.4, -0.2) is 11.3 Å². The van der Waals surface area contributed by atoms with Crippen molar-refractivity contribution in [2.24, 2.45) is 5.92 Å². The second-order valence-corrected chi connectivity index (χ2v) is 7.14. The number of rotatable bonds is 5. The molecule has 0 saturated carbocycles. The van der Waals surface area contributed by atoms with Gasteiger partial charge in [-0.1, -0.05) is 53.9 Å². The van der Waals surface area contributed by atoms with Crippen molar-refractivity contribution in [2.45, 2.75) is 59.0 Å². The Balaban J connectivity index is 3.37. The van der Waals surface area contributed by atoms with E-state index in [1.165, 1.54) is 25.4 Å². The molecule has 0 aliphatic carbocycles. The first kappa shape index (κ1) is 12.4. The first-order chi connectivity index (χ1) is 5.45. The van der Waals surface area contributed by atoms with E-state index in [0.717, 1.165) is 14.5 Å². The van der Waals surface area contributed by atoms with Gasteiger partial charge in [-0.3, -0.25) is 0 Å². The van der Waals surface area contributed by atoms with Crippen molar-refractivity contribution < 1.29 is 0 Å². The van der Waals surface area contributed by atoms with E-state index in [1.54, 1.807) is 0 Å². The summed E-state index contributed by atoms with van der Waals surface area (Å²) in [6.45, 7) is 11.7. The lowest BCUT2D eigenvalue weighted by atomic mass is 10.1. The summed E-state index contributed by atoms with van der Waals surface area (Å²) < 4.78 is 0. The van der Waals surface area contributed by atoms with Gasteiger partial charge in [-0.2, -0.15) is 0 Å². The molecule has 2 atom stereocenters. The third kappa shape index (κ3) is 8.53. The smallest absolute Gasteiger partial charge is 0.0207 e. The molecule has 0 aromatic rings. The monoisotopic (exact) mass is 188 g/mol. The average Bonchev–Trinajstić information content (AvgIpc) is 1.95. The van der Waals surface area contributed by atoms with Crippen LogP contribution in [0.2, 0.25) is 0 Å². The van der Waals surface area contributed by atoms with Crippen LogP contribution in [0.5, 0.6) is 0 Å². The van der Waals surface area contributed by atoms with Crippen molar-refractivity contribution in [3.8, 4) is 0 Å². The highest BCUT2D eigenvalue weighted by Crippen LogP contribution is 2.33. The second-order valence-electron chi connectivity index (χ2n) is 4.88. The van der Waals surface area contributed by atoms with Crippen LogP contribution in [0.15, 0.2) is 0 Å². The molecule has 0 saturated heterocycles. The maximum atomic E-state index is 2.40. The van der Waals surface area contributed by atoms with Gasteiger partial charge < -0.3 is 0 Å². The molecule has 0 amide bonds. The third-order valence-corrected chi connectivity index (χ3v) is 3.99. The minimum atomic E-state index is 0.556. The summed E-state index contributed by atoms with van der Waals surface area (Å²) >= 11 is 0. The van der Waals surface area contributed by atoms with Gasteiger partial charge in [0.25, 0.3) is 0 Å². The van der Waals surface area contributed by atoms with E-state index in [2.05, 4.69) is 34.6 Å². The molecule has 0 rings (SSSR count). The van der Waals surface area contributed by atoms with E-state index >= 15 is 0 Å². The van der Waals surface area contributed by atoms with Crippen molar-refractivity contribution in [2.75, 3.05) is 6.16 Å². The lowest BCUT2D eigenvalue weighted by Crippen LogP contribution is -2.09. The Morgan fingerprint density at radius 3 is 2.25 bits per heavy atom. The van der Waals surface area contributed by atoms with Gasteiger partial charge in [-0.15, -0.1) is 8.58 Å². The molecule has 74 valence electrons. The second kappa shape index (κ2) is 5.97. The molecule has 0 fully saturated rings. The molecule has 0 N–H and O–H groups in total. The summed E-state index contributed by atoms with van der Waals surface area (Å²) in [7, 11) is 1.13. The molecule has 0 spiro atoms. The van der Waals surface area contributed by atoms with E-state index in [4.69, 9.17) is 0 Å². The summed E-state index contributed by atoms with van der Waals surface area (Å²) in [4.78, 5) is 0. The summed E-state index contributed by atoms with van der Waals surface area (Å²) in [6.07, 6.45) is 5.63. The molecular weight excluding hydrogens is 163 g/mol. The Morgan fingerprint density at radius 1 is 1.25 bits per heavy atom. The molecule has 0 heterocycles. The topological polar surface area (TPSA) is 0 Å². The van der Waals surface area contributed by atoms with Crippen molar-refractivity contribution in [1.82, 2.24) is 0 Å². The average molecular weight is 188 g/mol. The number of hydrogen-bond acceptors (Lipinski definition) is 0. The molecule has 0 aliphatic heterocycles. The van der Waals surface area contributed by atoms with Crippen molar-refractivity contribution >= 4 is 8.58 Å². The standard InChI is InChI=1S/C11H25P/c1-6-7-8-10(2)9-12-11(3,4)5/h10,12H,6-9H2,1-5H3. The van der Waals surface area contributed by atoms with E-state index in [-0.39, 0.29) is 0 Å². The molecule has 1 heteroatoms. The molecule has 0 nitrogen and oxygen atoms in total. The third-order valence-electron chi connectivity index (χ3n) is 2.03. The fourth-order valence-corrected chi connectivity index (χ4v) is 2.30. The van der Waals surface area contributed by atoms with Crippen LogP contribution < -0.4 is 0 Å². The molecule has 0 bridgehead atoms. The van der Waals surface area contributed by atoms with Gasteiger partial charge in [0.15, 0.2) is 0 Å². The van der Waals surface area contributed by atoms with Crippen molar-refractivity contribution in [1.29, 1.82) is 0 Å². The van der Waals surface area contributed by atoms with Crippen LogP contribution in [0.1, 0.15) is 53.9 Å². The first-order valence-electron chi connectivity index (χ1n) is 5.20. The van der Waals surface area contributed by atoms with E-state index in [9.17, 15) is 0 Å². The SMILES string of the molecule is CCCCC(C)CPC(C)(C)C. The summed E-state index contributed by atoms with van der Waals surface area (Å²) in [5.41, 5.74) is 0. The maximum Gasteiger partial charge on any atom is -0.0207 e. The van der Waals surface area contributed by atoms with Crippen molar-refractivity contribution in [3.63, 3.8) is 0 Å². The molecular formula is C11H25P. The van der Waals surface area contributed by atoms with Crippen LogP contribution in [0, 0.1) is 5.92 Å². The molecule has 2 unspecified atom stereocenters. The van der Waals surface area contributed by atoms with Crippen molar-refractivity contribution in [3.05, 3.63) is 0 Å². The molecule has 0 aliphatic rings. The first-order valence-corrected chi connectivity index (χ1v) is 6.41. The van der Waals surface area contributed by atoms with Gasteiger partial charge in [0.05, 0.1) is 0 Å². The fourth-order valence-electron chi connectivity index (χ4n) is 1.14. The normalized spacial score (nSPS) is 15.8. The minimum Gasteiger partial charge on any atom is -0.116 e. The fraction of sp³-hybridized carbons (Fsp3) is 1.00. The molecule has 12 heavy (non-hydrogen) atoms. The van der Waals surface area contributed by atoms with E-state index in [1.807, 2.05) is 0 Å². The quantitative estimate of drug-likeness (QED) is 0.564. The summed E-state index contributed by atoms with van der Waals surface area (Å²) in [5, 5.41) is 0.556. The summed E-state index contributed by atoms with van der Waals surface area (Å²) in [6, 6.07) is 0.